The molecule has 200 valence electrons. The van der Waals surface area contributed by atoms with Crippen molar-refractivity contribution in [2.24, 2.45) is 0 Å². The molecule has 0 N–H and O–H groups in total. The molecule has 0 atom stereocenters. The highest BCUT2D eigenvalue weighted by molar-refractivity contribution is 7.88. The zero-order chi connectivity index (χ0) is 24.7. The van der Waals surface area contributed by atoms with Crippen LogP contribution in [0.1, 0.15) is 129 Å². The fraction of sp³-hybridized carbons (Fsp3) is 0.889. The average molecular weight is 518 g/mol. The summed E-state index contributed by atoms with van der Waals surface area (Å²) in [5, 5.41) is 2.00. The SMILES string of the molecule is CCCCCCCCCCCCCCCCCCON(CCC)S(=O)(=O)CCC[n+]1ccsc1. The predicted molar refractivity (Wildman–Crippen MR) is 145 cm³/mol. The van der Waals surface area contributed by atoms with Crippen molar-refractivity contribution in [3.05, 3.63) is 17.1 Å². The minimum Gasteiger partial charge on any atom is -0.284 e. The van der Waals surface area contributed by atoms with E-state index in [0.717, 1.165) is 25.8 Å². The molecule has 0 saturated heterocycles. The molecular weight excluding hydrogens is 464 g/mol. The highest BCUT2D eigenvalue weighted by Crippen LogP contribution is 2.14. The Morgan fingerprint density at radius 2 is 1.26 bits per heavy atom. The minimum atomic E-state index is -3.36. The Morgan fingerprint density at radius 3 is 1.74 bits per heavy atom. The number of unbranched alkanes of at least 4 members (excludes halogenated alkanes) is 15. The first-order valence-corrected chi connectivity index (χ1v) is 16.7. The third-order valence-electron chi connectivity index (χ3n) is 6.30. The summed E-state index contributed by atoms with van der Waals surface area (Å²) in [4.78, 5) is 5.69. The van der Waals surface area contributed by atoms with Gasteiger partial charge in [-0.05, 0) is 12.8 Å². The van der Waals surface area contributed by atoms with Crippen LogP contribution in [0.5, 0.6) is 0 Å². The maximum Gasteiger partial charge on any atom is 0.236 e. The van der Waals surface area contributed by atoms with Crippen LogP contribution >= 0.6 is 11.3 Å². The number of aryl methyl sites for hydroxylation is 1. The van der Waals surface area contributed by atoms with Crippen LogP contribution in [0.3, 0.4) is 0 Å². The smallest absolute Gasteiger partial charge is 0.236 e. The van der Waals surface area contributed by atoms with Crippen molar-refractivity contribution in [2.45, 2.75) is 136 Å². The normalized spacial score (nSPS) is 12.1. The van der Waals surface area contributed by atoms with Gasteiger partial charge in [0.15, 0.2) is 6.20 Å². The van der Waals surface area contributed by atoms with Crippen molar-refractivity contribution in [1.82, 2.24) is 4.47 Å². The van der Waals surface area contributed by atoms with Gasteiger partial charge in [-0.2, -0.15) is 4.57 Å². The molecule has 0 amide bonds. The highest BCUT2D eigenvalue weighted by atomic mass is 32.2. The van der Waals surface area contributed by atoms with E-state index in [-0.39, 0.29) is 5.75 Å². The van der Waals surface area contributed by atoms with E-state index in [2.05, 4.69) is 6.92 Å². The summed E-state index contributed by atoms with van der Waals surface area (Å²) < 4.78 is 28.6. The lowest BCUT2D eigenvalue weighted by Crippen LogP contribution is -2.36. The van der Waals surface area contributed by atoms with E-state index in [9.17, 15) is 8.42 Å². The summed E-state index contributed by atoms with van der Waals surface area (Å²) in [6.45, 7) is 5.92. The Kier molecular flexibility index (Phi) is 20.2. The molecule has 0 fully saturated rings. The van der Waals surface area contributed by atoms with Crippen molar-refractivity contribution >= 4 is 21.4 Å². The van der Waals surface area contributed by atoms with Gasteiger partial charge < -0.3 is 0 Å². The Bertz CT molecular complexity index is 651. The molecule has 0 aliphatic heterocycles. The van der Waals surface area contributed by atoms with Gasteiger partial charge in [-0.15, -0.1) is 0 Å². The van der Waals surface area contributed by atoms with Crippen molar-refractivity contribution < 1.29 is 17.8 Å². The van der Waals surface area contributed by atoms with Gasteiger partial charge in [0, 0.05) is 13.0 Å². The van der Waals surface area contributed by atoms with Crippen LogP contribution < -0.4 is 4.57 Å². The number of hydroxylamine groups is 1. The largest absolute Gasteiger partial charge is 0.284 e. The number of aromatic nitrogens is 1. The van der Waals surface area contributed by atoms with Crippen LogP contribution in [0, 0.1) is 0 Å². The molecule has 0 unspecified atom stereocenters. The van der Waals surface area contributed by atoms with Crippen molar-refractivity contribution in [2.75, 3.05) is 18.9 Å². The Morgan fingerprint density at radius 1 is 0.735 bits per heavy atom. The fourth-order valence-corrected chi connectivity index (χ4v) is 6.23. The summed E-state index contributed by atoms with van der Waals surface area (Å²) in [5.41, 5.74) is 2.00. The summed E-state index contributed by atoms with van der Waals surface area (Å²) in [5.74, 6) is 0.134. The molecule has 5 nitrogen and oxygen atoms in total. The Balaban J connectivity index is 1.96. The monoisotopic (exact) mass is 517 g/mol. The maximum absolute atomic E-state index is 12.6. The molecule has 0 spiro atoms. The molecule has 1 aromatic rings. The van der Waals surface area contributed by atoms with E-state index in [1.807, 2.05) is 28.6 Å². The lowest BCUT2D eigenvalue weighted by molar-refractivity contribution is -0.692. The number of sulfonamides is 1. The van der Waals surface area contributed by atoms with E-state index in [1.165, 1.54) is 94.4 Å². The third kappa shape index (κ3) is 17.0. The van der Waals surface area contributed by atoms with Gasteiger partial charge in [-0.25, -0.2) is 8.42 Å². The van der Waals surface area contributed by atoms with Crippen LogP contribution in [-0.4, -0.2) is 31.8 Å². The van der Waals surface area contributed by atoms with E-state index in [0.29, 0.717) is 19.6 Å². The van der Waals surface area contributed by atoms with E-state index in [4.69, 9.17) is 4.84 Å². The van der Waals surface area contributed by atoms with Crippen molar-refractivity contribution in [3.63, 3.8) is 0 Å². The number of nitrogens with zero attached hydrogens (tertiary/aromatic N) is 2. The Hall–Kier alpha value is -0.500. The van der Waals surface area contributed by atoms with Gasteiger partial charge in [-0.3, -0.25) is 4.84 Å². The van der Waals surface area contributed by atoms with Gasteiger partial charge >= 0.3 is 0 Å². The van der Waals surface area contributed by atoms with E-state index in [1.54, 1.807) is 11.3 Å². The Labute approximate surface area is 215 Å². The lowest BCUT2D eigenvalue weighted by atomic mass is 10.0. The van der Waals surface area contributed by atoms with Crippen LogP contribution in [0.25, 0.3) is 0 Å². The van der Waals surface area contributed by atoms with Gasteiger partial charge in [0.1, 0.15) is 6.54 Å². The average Bonchev–Trinajstić information content (AvgIpc) is 3.33. The molecule has 1 aromatic heterocycles. The molecule has 0 aliphatic rings. The van der Waals surface area contributed by atoms with E-state index < -0.39 is 10.0 Å². The molecule has 0 radical (unpaired) electrons. The number of thiazole rings is 1. The third-order valence-corrected chi connectivity index (χ3v) is 8.68. The zero-order valence-corrected chi connectivity index (χ0v) is 23.9. The van der Waals surface area contributed by atoms with Crippen molar-refractivity contribution in [1.29, 1.82) is 0 Å². The molecule has 0 aliphatic carbocycles. The van der Waals surface area contributed by atoms with Crippen LogP contribution in [0.2, 0.25) is 0 Å². The first kappa shape index (κ1) is 31.5. The summed E-state index contributed by atoms with van der Waals surface area (Å²) in [6, 6.07) is 0. The minimum absolute atomic E-state index is 0.134. The first-order chi connectivity index (χ1) is 16.6. The zero-order valence-electron chi connectivity index (χ0n) is 22.2. The first-order valence-electron chi connectivity index (χ1n) is 14.1. The van der Waals surface area contributed by atoms with Crippen LogP contribution in [0.4, 0.5) is 0 Å². The van der Waals surface area contributed by atoms with Gasteiger partial charge in [0.2, 0.25) is 15.5 Å². The van der Waals surface area contributed by atoms with Crippen LogP contribution in [-0.2, 0) is 21.4 Å². The maximum atomic E-state index is 12.6. The number of rotatable bonds is 25. The fourth-order valence-electron chi connectivity index (χ4n) is 4.20. The highest BCUT2D eigenvalue weighted by Gasteiger charge is 2.22. The van der Waals surface area contributed by atoms with Gasteiger partial charge in [0.25, 0.3) is 0 Å². The molecule has 1 rings (SSSR count). The molecule has 0 saturated carbocycles. The second-order valence-electron chi connectivity index (χ2n) is 9.60. The molecule has 0 aromatic carbocycles. The summed E-state index contributed by atoms with van der Waals surface area (Å²) in [7, 11) is -3.36. The molecule has 1 heterocycles. The topological polar surface area (TPSA) is 50.5 Å². The lowest BCUT2D eigenvalue weighted by Gasteiger charge is -2.20. The summed E-state index contributed by atoms with van der Waals surface area (Å²) in [6.07, 6.45) is 24.7. The quantitative estimate of drug-likeness (QED) is 0.0760. The van der Waals surface area contributed by atoms with Crippen molar-refractivity contribution in [3.8, 4) is 0 Å². The van der Waals surface area contributed by atoms with Gasteiger partial charge in [-0.1, -0.05) is 126 Å². The number of hydrogen-bond acceptors (Lipinski definition) is 4. The second kappa shape index (κ2) is 21.8. The van der Waals surface area contributed by atoms with Gasteiger partial charge in [0.05, 0.1) is 17.7 Å². The standard InChI is InChI=1S/C27H53N2O3S2/c1-3-5-6-7-8-9-10-11-12-13-14-15-16-17-18-19-24-32-29(21-4-2)34(30,31)26-20-22-28-23-25-33-27-28/h23,25,27H,3-22,24,26H2,1-2H3/q+1. The number of hydrogen-bond donors (Lipinski definition) is 0. The molecule has 0 bridgehead atoms. The summed E-state index contributed by atoms with van der Waals surface area (Å²) >= 11 is 1.62. The second-order valence-corrected chi connectivity index (χ2v) is 12.3. The molecule has 34 heavy (non-hydrogen) atoms. The van der Waals surface area contributed by atoms with E-state index >= 15 is 0 Å². The molecular formula is C27H53N2O3S2+. The van der Waals surface area contributed by atoms with Crippen LogP contribution in [0.15, 0.2) is 17.1 Å². The predicted octanol–water partition coefficient (Wildman–Crippen LogP) is 7.66. The molecule has 7 heteroatoms.